The molecule has 0 aromatic heterocycles. The van der Waals surface area contributed by atoms with Gasteiger partial charge in [-0.3, -0.25) is 4.79 Å². The van der Waals surface area contributed by atoms with E-state index >= 15 is 0 Å². The van der Waals surface area contributed by atoms with E-state index < -0.39 is 0 Å². The van der Waals surface area contributed by atoms with Gasteiger partial charge in [0.1, 0.15) is 23.6 Å². The van der Waals surface area contributed by atoms with Gasteiger partial charge in [0.2, 0.25) is 5.91 Å². The number of piperidine rings is 1. The molecule has 1 fully saturated rings. The average molecular weight is 541 g/mol. The first-order chi connectivity index (χ1) is 18.5. The van der Waals surface area contributed by atoms with Crippen LogP contribution in [0.25, 0.3) is 0 Å². The average Bonchev–Trinajstić information content (AvgIpc) is 2.96. The maximum atomic E-state index is 13.5. The fraction of sp³-hybridized carbons (Fsp3) is 0.387. The van der Waals surface area contributed by atoms with E-state index in [0.717, 1.165) is 56.4 Å². The Balaban J connectivity index is 1.27. The van der Waals surface area contributed by atoms with Crippen LogP contribution in [0.15, 0.2) is 78.9 Å². The molecular weight excluding hydrogens is 506 g/mol. The fourth-order valence-corrected chi connectivity index (χ4v) is 5.27. The standard InChI is InChI=1S/C31H35ClF2N2O2/c32-22-29(37)35-23-31(26-6-2-1-3-7-26)16-19-36(20-17-31)18-4-5-21-38-30(24-8-12-27(33)13-9-24)25-10-14-28(34)15-11-25/h1-3,6-15,30H,4-5,16-23H2,(H,35,37). The summed E-state index contributed by atoms with van der Waals surface area (Å²) in [6.07, 6.45) is 3.42. The number of unbranched alkanes of at least 4 members (excludes halogenated alkanes) is 1. The zero-order chi connectivity index (χ0) is 26.8. The van der Waals surface area contributed by atoms with Gasteiger partial charge in [-0.2, -0.15) is 0 Å². The fourth-order valence-electron chi connectivity index (χ4n) is 5.18. The van der Waals surface area contributed by atoms with E-state index in [2.05, 4.69) is 34.5 Å². The Hall–Kier alpha value is -2.80. The molecule has 38 heavy (non-hydrogen) atoms. The van der Waals surface area contributed by atoms with Crippen LogP contribution in [0.2, 0.25) is 0 Å². The molecule has 3 aromatic carbocycles. The lowest BCUT2D eigenvalue weighted by molar-refractivity contribution is -0.119. The van der Waals surface area contributed by atoms with Gasteiger partial charge in [-0.25, -0.2) is 8.78 Å². The van der Waals surface area contributed by atoms with Gasteiger partial charge in [0.05, 0.1) is 0 Å². The van der Waals surface area contributed by atoms with E-state index in [1.807, 2.05) is 6.07 Å². The highest BCUT2D eigenvalue weighted by atomic mass is 35.5. The molecule has 4 nitrogen and oxygen atoms in total. The molecule has 3 aromatic rings. The smallest absolute Gasteiger partial charge is 0.234 e. The van der Waals surface area contributed by atoms with Gasteiger partial charge in [0, 0.05) is 18.6 Å². The van der Waals surface area contributed by atoms with Crippen LogP contribution in [0.1, 0.15) is 48.5 Å². The predicted octanol–water partition coefficient (Wildman–Crippen LogP) is 6.24. The van der Waals surface area contributed by atoms with Crippen molar-refractivity contribution in [2.24, 2.45) is 0 Å². The topological polar surface area (TPSA) is 41.6 Å². The Bertz CT molecular complexity index is 1090. The predicted molar refractivity (Wildman–Crippen MR) is 147 cm³/mol. The van der Waals surface area contributed by atoms with Crippen molar-refractivity contribution in [3.05, 3.63) is 107 Å². The zero-order valence-electron chi connectivity index (χ0n) is 21.6. The number of amides is 1. The van der Waals surface area contributed by atoms with Crippen LogP contribution >= 0.6 is 11.6 Å². The normalized spacial score (nSPS) is 15.5. The van der Waals surface area contributed by atoms with Crippen LogP contribution in [0.5, 0.6) is 0 Å². The molecule has 0 aliphatic carbocycles. The van der Waals surface area contributed by atoms with E-state index in [-0.39, 0.29) is 34.9 Å². The molecule has 1 N–H and O–H groups in total. The molecule has 0 bridgehead atoms. The third kappa shape index (κ3) is 7.62. The molecule has 0 saturated carbocycles. The number of ether oxygens (including phenoxy) is 1. The van der Waals surface area contributed by atoms with Crippen LogP contribution in [0.4, 0.5) is 8.78 Å². The summed E-state index contributed by atoms with van der Waals surface area (Å²) in [6, 6.07) is 23.0. The lowest BCUT2D eigenvalue weighted by Crippen LogP contribution is -2.49. The summed E-state index contributed by atoms with van der Waals surface area (Å²) in [6.45, 7) is 4.03. The van der Waals surface area contributed by atoms with Crippen molar-refractivity contribution in [3.8, 4) is 0 Å². The number of carbonyl (C=O) groups is 1. The van der Waals surface area contributed by atoms with Crippen molar-refractivity contribution in [2.45, 2.75) is 37.2 Å². The van der Waals surface area contributed by atoms with Gasteiger partial charge in [-0.05, 0) is 86.3 Å². The molecule has 0 unspecified atom stereocenters. The summed E-state index contributed by atoms with van der Waals surface area (Å²) in [4.78, 5) is 14.3. The van der Waals surface area contributed by atoms with Crippen molar-refractivity contribution in [3.63, 3.8) is 0 Å². The van der Waals surface area contributed by atoms with E-state index in [9.17, 15) is 13.6 Å². The zero-order valence-corrected chi connectivity index (χ0v) is 22.3. The number of alkyl halides is 1. The van der Waals surface area contributed by atoms with Crippen molar-refractivity contribution in [1.29, 1.82) is 0 Å². The maximum absolute atomic E-state index is 13.5. The summed E-state index contributed by atoms with van der Waals surface area (Å²) >= 11 is 5.71. The number of hydrogen-bond donors (Lipinski definition) is 1. The lowest BCUT2D eigenvalue weighted by Gasteiger charge is -2.42. The number of benzene rings is 3. The Morgan fingerprint density at radius 1 is 0.895 bits per heavy atom. The van der Waals surface area contributed by atoms with Gasteiger partial charge in [-0.1, -0.05) is 54.6 Å². The Kier molecular flexibility index (Phi) is 10.3. The van der Waals surface area contributed by atoms with Crippen LogP contribution in [-0.4, -0.2) is 49.5 Å². The second-order valence-corrected chi connectivity index (χ2v) is 10.2. The number of nitrogens with one attached hydrogen (secondary N) is 1. The van der Waals surface area contributed by atoms with Crippen molar-refractivity contribution < 1.29 is 18.3 Å². The van der Waals surface area contributed by atoms with Crippen LogP contribution in [0.3, 0.4) is 0 Å². The molecule has 4 rings (SSSR count). The minimum Gasteiger partial charge on any atom is -0.369 e. The highest BCUT2D eigenvalue weighted by molar-refractivity contribution is 6.27. The highest BCUT2D eigenvalue weighted by Crippen LogP contribution is 2.35. The number of carbonyl (C=O) groups excluding carboxylic acids is 1. The van der Waals surface area contributed by atoms with Gasteiger partial charge in [0.15, 0.2) is 0 Å². The third-order valence-corrected chi connectivity index (χ3v) is 7.69. The molecule has 1 saturated heterocycles. The van der Waals surface area contributed by atoms with Crippen LogP contribution in [0, 0.1) is 11.6 Å². The lowest BCUT2D eigenvalue weighted by atomic mass is 9.72. The summed E-state index contributed by atoms with van der Waals surface area (Å²) in [7, 11) is 0. The molecule has 202 valence electrons. The number of nitrogens with zero attached hydrogens (tertiary/aromatic N) is 1. The molecule has 1 amide bonds. The van der Waals surface area contributed by atoms with Crippen molar-refractivity contribution in [1.82, 2.24) is 10.2 Å². The summed E-state index contributed by atoms with van der Waals surface area (Å²) < 4.78 is 33.1. The Labute approximate surface area is 229 Å². The minimum atomic E-state index is -0.374. The highest BCUT2D eigenvalue weighted by Gasteiger charge is 2.36. The first-order valence-corrected chi connectivity index (χ1v) is 13.8. The van der Waals surface area contributed by atoms with E-state index in [1.165, 1.54) is 29.8 Å². The van der Waals surface area contributed by atoms with Crippen LogP contribution in [-0.2, 0) is 14.9 Å². The molecule has 1 aliphatic rings. The first-order valence-electron chi connectivity index (χ1n) is 13.2. The maximum Gasteiger partial charge on any atom is 0.234 e. The summed E-state index contributed by atoms with van der Waals surface area (Å²) in [5, 5.41) is 3.01. The number of rotatable bonds is 12. The molecule has 1 aliphatic heterocycles. The molecule has 7 heteroatoms. The van der Waals surface area contributed by atoms with Gasteiger partial charge in [0.25, 0.3) is 0 Å². The first kappa shape index (κ1) is 28.2. The van der Waals surface area contributed by atoms with E-state index in [1.54, 1.807) is 24.3 Å². The Morgan fingerprint density at radius 3 is 2.03 bits per heavy atom. The third-order valence-electron chi connectivity index (χ3n) is 7.44. The quantitative estimate of drug-likeness (QED) is 0.218. The minimum absolute atomic E-state index is 0.0256. The second-order valence-electron chi connectivity index (χ2n) is 9.96. The summed E-state index contributed by atoms with van der Waals surface area (Å²) in [5.41, 5.74) is 2.86. The molecule has 0 radical (unpaired) electrons. The van der Waals surface area contributed by atoms with Gasteiger partial charge < -0.3 is 15.0 Å². The van der Waals surface area contributed by atoms with Crippen molar-refractivity contribution >= 4 is 17.5 Å². The van der Waals surface area contributed by atoms with Gasteiger partial charge >= 0.3 is 0 Å². The molecule has 0 spiro atoms. The molecule has 1 heterocycles. The largest absolute Gasteiger partial charge is 0.369 e. The van der Waals surface area contributed by atoms with Gasteiger partial charge in [-0.15, -0.1) is 11.6 Å². The number of hydrogen-bond acceptors (Lipinski definition) is 3. The van der Waals surface area contributed by atoms with Crippen molar-refractivity contribution in [2.75, 3.05) is 38.7 Å². The van der Waals surface area contributed by atoms with E-state index in [0.29, 0.717) is 13.2 Å². The summed E-state index contributed by atoms with van der Waals surface area (Å²) in [5.74, 6) is -0.761. The van der Waals surface area contributed by atoms with E-state index in [4.69, 9.17) is 16.3 Å². The van der Waals surface area contributed by atoms with Crippen LogP contribution < -0.4 is 5.32 Å². The second kappa shape index (κ2) is 13.8. The SMILES string of the molecule is O=C(CCl)NCC1(c2ccccc2)CCN(CCCCOC(c2ccc(F)cc2)c2ccc(F)cc2)CC1. The molecular formula is C31H35ClF2N2O2. The monoisotopic (exact) mass is 540 g/mol. The number of likely N-dealkylation sites (tertiary alicyclic amines) is 1. The number of halogens is 3. The Morgan fingerprint density at radius 2 is 1.47 bits per heavy atom. The molecule has 0 atom stereocenters.